The minimum absolute atomic E-state index is 0.0240. The van der Waals surface area contributed by atoms with Crippen molar-refractivity contribution in [1.82, 2.24) is 9.47 Å². The highest BCUT2D eigenvalue weighted by Crippen LogP contribution is 2.38. The van der Waals surface area contributed by atoms with Gasteiger partial charge in [0.25, 0.3) is 0 Å². The summed E-state index contributed by atoms with van der Waals surface area (Å²) in [4.78, 5) is 29.3. The lowest BCUT2D eigenvalue weighted by Gasteiger charge is -2.36. The lowest BCUT2D eigenvalue weighted by atomic mass is 10.0. The highest BCUT2D eigenvalue weighted by Gasteiger charge is 2.40. The largest absolute Gasteiger partial charge is 0.454 e. The fraction of sp³-hybridized carbons (Fsp3) is 0.400. The number of amides is 2. The van der Waals surface area contributed by atoms with Crippen LogP contribution >= 0.6 is 0 Å². The molecule has 1 aromatic carbocycles. The van der Waals surface area contributed by atoms with Crippen molar-refractivity contribution in [3.05, 3.63) is 42.2 Å². The number of carbonyl (C=O) groups excluding carboxylic acids is 2. The Morgan fingerprint density at radius 3 is 2.89 bits per heavy atom. The van der Waals surface area contributed by atoms with E-state index in [-0.39, 0.29) is 37.0 Å². The van der Waals surface area contributed by atoms with Crippen LogP contribution in [0.25, 0.3) is 0 Å². The van der Waals surface area contributed by atoms with Crippen molar-refractivity contribution in [2.45, 2.75) is 25.9 Å². The van der Waals surface area contributed by atoms with Gasteiger partial charge >= 0.3 is 0 Å². The van der Waals surface area contributed by atoms with Crippen molar-refractivity contribution < 1.29 is 19.1 Å². The SMILES string of the molecule is C[C@H]1c2cccn2CCN1C(=O)[C@H]1CC(=O)N(c2ccc3c(c2)OCO3)C1. The molecule has 0 aliphatic carbocycles. The van der Waals surface area contributed by atoms with E-state index in [2.05, 4.69) is 17.6 Å². The highest BCUT2D eigenvalue weighted by atomic mass is 16.7. The maximum Gasteiger partial charge on any atom is 0.231 e. The van der Waals surface area contributed by atoms with Crippen LogP contribution in [0.15, 0.2) is 36.5 Å². The molecule has 5 rings (SSSR count). The molecule has 27 heavy (non-hydrogen) atoms. The van der Waals surface area contributed by atoms with Crippen molar-refractivity contribution in [2.24, 2.45) is 5.92 Å². The molecule has 2 amide bonds. The molecular formula is C20H21N3O4. The summed E-state index contributed by atoms with van der Waals surface area (Å²) in [5, 5.41) is 0. The number of aromatic nitrogens is 1. The summed E-state index contributed by atoms with van der Waals surface area (Å²) in [6, 6.07) is 9.55. The number of hydrogen-bond donors (Lipinski definition) is 0. The molecule has 0 N–H and O–H groups in total. The van der Waals surface area contributed by atoms with Crippen LogP contribution in [-0.4, -0.2) is 41.2 Å². The molecule has 3 aliphatic heterocycles. The molecule has 0 saturated carbocycles. The zero-order valence-electron chi connectivity index (χ0n) is 15.1. The fourth-order valence-electron chi connectivity index (χ4n) is 4.29. The molecule has 7 heteroatoms. The summed E-state index contributed by atoms with van der Waals surface area (Å²) in [6.45, 7) is 4.13. The first-order chi connectivity index (χ1) is 13.1. The molecule has 2 atom stereocenters. The van der Waals surface area contributed by atoms with Crippen LogP contribution in [0.2, 0.25) is 0 Å². The monoisotopic (exact) mass is 367 g/mol. The van der Waals surface area contributed by atoms with Crippen molar-refractivity contribution in [1.29, 1.82) is 0 Å². The smallest absolute Gasteiger partial charge is 0.231 e. The number of fused-ring (bicyclic) bond motifs is 2. The van der Waals surface area contributed by atoms with Gasteiger partial charge in [0, 0.05) is 49.7 Å². The van der Waals surface area contributed by atoms with Crippen molar-refractivity contribution in [2.75, 3.05) is 24.8 Å². The van der Waals surface area contributed by atoms with E-state index < -0.39 is 0 Å². The molecule has 3 aliphatic rings. The fourth-order valence-corrected chi connectivity index (χ4v) is 4.29. The molecule has 1 saturated heterocycles. The zero-order valence-corrected chi connectivity index (χ0v) is 15.1. The van der Waals surface area contributed by atoms with E-state index in [1.54, 1.807) is 11.0 Å². The van der Waals surface area contributed by atoms with Gasteiger partial charge in [-0.15, -0.1) is 0 Å². The van der Waals surface area contributed by atoms with E-state index in [1.165, 1.54) is 0 Å². The van der Waals surface area contributed by atoms with Gasteiger partial charge in [0.2, 0.25) is 18.6 Å². The number of carbonyl (C=O) groups is 2. The minimum Gasteiger partial charge on any atom is -0.454 e. The van der Waals surface area contributed by atoms with Gasteiger partial charge < -0.3 is 23.8 Å². The average molecular weight is 367 g/mol. The molecular weight excluding hydrogens is 346 g/mol. The first-order valence-electron chi connectivity index (χ1n) is 9.27. The molecule has 0 bridgehead atoms. The molecule has 2 aromatic rings. The molecule has 0 spiro atoms. The molecule has 7 nitrogen and oxygen atoms in total. The first-order valence-corrected chi connectivity index (χ1v) is 9.27. The Balaban J connectivity index is 1.34. The van der Waals surface area contributed by atoms with Crippen LogP contribution in [-0.2, 0) is 16.1 Å². The van der Waals surface area contributed by atoms with E-state index in [0.717, 1.165) is 17.9 Å². The maximum absolute atomic E-state index is 13.1. The summed E-state index contributed by atoms with van der Waals surface area (Å²) in [5.74, 6) is 1.04. The number of rotatable bonds is 2. The Labute approximate surface area is 157 Å². The molecule has 140 valence electrons. The third-order valence-corrected chi connectivity index (χ3v) is 5.77. The van der Waals surface area contributed by atoms with Gasteiger partial charge in [0.05, 0.1) is 12.0 Å². The van der Waals surface area contributed by atoms with E-state index in [4.69, 9.17) is 9.47 Å². The third-order valence-electron chi connectivity index (χ3n) is 5.77. The molecule has 1 aromatic heterocycles. The van der Waals surface area contributed by atoms with Gasteiger partial charge in [0.15, 0.2) is 11.5 Å². The zero-order chi connectivity index (χ0) is 18.5. The van der Waals surface area contributed by atoms with Gasteiger partial charge in [-0.25, -0.2) is 0 Å². The predicted octanol–water partition coefficient (Wildman–Crippen LogP) is 2.17. The second-order valence-electron chi connectivity index (χ2n) is 7.28. The first kappa shape index (κ1) is 16.2. The Hall–Kier alpha value is -2.96. The summed E-state index contributed by atoms with van der Waals surface area (Å²) in [5.41, 5.74) is 1.90. The number of nitrogens with zero attached hydrogens (tertiary/aromatic N) is 3. The molecule has 4 heterocycles. The van der Waals surface area contributed by atoms with Gasteiger partial charge in [-0.2, -0.15) is 0 Å². The van der Waals surface area contributed by atoms with E-state index in [1.807, 2.05) is 29.3 Å². The molecule has 0 unspecified atom stereocenters. The number of anilines is 1. The van der Waals surface area contributed by atoms with Crippen LogP contribution < -0.4 is 14.4 Å². The normalized spacial score (nSPS) is 23.7. The Bertz CT molecular complexity index is 922. The second kappa shape index (κ2) is 6.04. The van der Waals surface area contributed by atoms with E-state index in [0.29, 0.717) is 24.6 Å². The summed E-state index contributed by atoms with van der Waals surface area (Å²) < 4.78 is 12.9. The summed E-state index contributed by atoms with van der Waals surface area (Å²) >= 11 is 0. The highest BCUT2D eigenvalue weighted by molar-refractivity contribution is 6.00. The Morgan fingerprint density at radius 1 is 1.15 bits per heavy atom. The Kier molecular flexibility index (Phi) is 3.63. The van der Waals surface area contributed by atoms with Crippen LogP contribution in [0.5, 0.6) is 11.5 Å². The summed E-state index contributed by atoms with van der Waals surface area (Å²) in [6.07, 6.45) is 2.30. The quantitative estimate of drug-likeness (QED) is 0.816. The van der Waals surface area contributed by atoms with Gasteiger partial charge in [-0.1, -0.05) is 0 Å². The van der Waals surface area contributed by atoms with E-state index >= 15 is 0 Å². The standard InChI is InChI=1S/C20H21N3O4/c1-13-16-3-2-6-21(16)7-8-22(13)20(25)14-9-19(24)23(11-14)15-4-5-17-18(10-15)27-12-26-17/h2-6,10,13-14H,7-9,11-12H2,1H3/t13-,14-/m0/s1. The van der Waals surface area contributed by atoms with Crippen LogP contribution in [0.4, 0.5) is 5.69 Å². The van der Waals surface area contributed by atoms with Crippen molar-refractivity contribution in [3.63, 3.8) is 0 Å². The lowest BCUT2D eigenvalue weighted by Crippen LogP contribution is -2.44. The Morgan fingerprint density at radius 2 is 2.00 bits per heavy atom. The number of hydrogen-bond acceptors (Lipinski definition) is 4. The predicted molar refractivity (Wildman–Crippen MR) is 97.6 cm³/mol. The van der Waals surface area contributed by atoms with E-state index in [9.17, 15) is 9.59 Å². The summed E-state index contributed by atoms with van der Waals surface area (Å²) in [7, 11) is 0. The lowest BCUT2D eigenvalue weighted by molar-refractivity contribution is -0.139. The van der Waals surface area contributed by atoms with Gasteiger partial charge in [-0.3, -0.25) is 9.59 Å². The maximum atomic E-state index is 13.1. The van der Waals surface area contributed by atoms with Crippen LogP contribution in [0.1, 0.15) is 25.1 Å². The second-order valence-corrected chi connectivity index (χ2v) is 7.28. The van der Waals surface area contributed by atoms with Crippen molar-refractivity contribution in [3.8, 4) is 11.5 Å². The van der Waals surface area contributed by atoms with Gasteiger partial charge in [-0.05, 0) is 31.2 Å². The number of ether oxygens (including phenoxy) is 2. The third kappa shape index (κ3) is 2.57. The molecule has 1 fully saturated rings. The van der Waals surface area contributed by atoms with Crippen molar-refractivity contribution >= 4 is 17.5 Å². The van der Waals surface area contributed by atoms with Crippen LogP contribution in [0.3, 0.4) is 0 Å². The topological polar surface area (TPSA) is 64.0 Å². The molecule has 0 radical (unpaired) electrons. The average Bonchev–Trinajstić information content (AvgIpc) is 3.40. The number of benzene rings is 1. The minimum atomic E-state index is -0.313. The van der Waals surface area contributed by atoms with Gasteiger partial charge in [0.1, 0.15) is 0 Å². The van der Waals surface area contributed by atoms with Crippen LogP contribution in [0, 0.1) is 5.92 Å².